The Morgan fingerprint density at radius 2 is 2.05 bits per heavy atom. The van der Waals surface area contributed by atoms with Crippen molar-refractivity contribution in [1.82, 2.24) is 5.32 Å². The normalized spacial score (nSPS) is 21.8. The minimum Gasteiger partial charge on any atom is -0.507 e. The average molecular weight is 528 g/mol. The third kappa shape index (κ3) is 8.87. The van der Waals surface area contributed by atoms with Gasteiger partial charge in [-0.05, 0) is 58.4 Å². The number of nitrogens with one attached hydrogen (secondary N) is 1. The molecule has 4 atom stereocenters. The van der Waals surface area contributed by atoms with Crippen LogP contribution in [0.15, 0.2) is 63.5 Å². The van der Waals surface area contributed by atoms with Gasteiger partial charge < -0.3 is 19.0 Å². The molecule has 0 unspecified atom stereocenters. The maximum atomic E-state index is 13.0. The lowest BCUT2D eigenvalue weighted by atomic mass is 9.94. The summed E-state index contributed by atoms with van der Waals surface area (Å²) < 4.78 is 16.2. The van der Waals surface area contributed by atoms with Crippen LogP contribution in [0.3, 0.4) is 0 Å². The second kappa shape index (κ2) is 14.5. The fraction of sp³-hybridized carbons (Fsp3) is 0.500. The molecule has 2 N–H and O–H groups in total. The summed E-state index contributed by atoms with van der Waals surface area (Å²) >= 11 is 0. The smallest absolute Gasteiger partial charge is 0.410 e. The van der Waals surface area contributed by atoms with Crippen molar-refractivity contribution >= 4 is 11.9 Å². The monoisotopic (exact) mass is 527 g/mol. The number of Topliss-reactive ketones (excluding diaryl/α,β-unsaturated/α-hetero) is 1. The molecule has 2 heterocycles. The lowest BCUT2D eigenvalue weighted by Gasteiger charge is -2.22. The van der Waals surface area contributed by atoms with E-state index in [1.54, 1.807) is 19.1 Å². The lowest BCUT2D eigenvalue weighted by molar-refractivity contribution is 0.0215. The number of amides is 1. The first-order valence-electron chi connectivity index (χ1n) is 13.1. The van der Waals surface area contributed by atoms with Crippen LogP contribution in [-0.4, -0.2) is 35.8 Å². The molecule has 0 radical (unpaired) electrons. The number of ketones is 1. The minimum absolute atomic E-state index is 0.0335. The van der Waals surface area contributed by atoms with Crippen LogP contribution in [0, 0.1) is 5.92 Å². The largest absolute Gasteiger partial charge is 0.507 e. The third-order valence-electron chi connectivity index (χ3n) is 6.74. The molecule has 0 spiro atoms. The molecule has 1 aromatic rings. The first-order valence-corrected chi connectivity index (χ1v) is 13.1. The molecule has 1 aliphatic rings. The highest BCUT2D eigenvalue weighted by molar-refractivity contribution is 6.00. The van der Waals surface area contributed by atoms with Gasteiger partial charge in [-0.15, -0.1) is 0 Å². The van der Waals surface area contributed by atoms with Gasteiger partial charge in [0.1, 0.15) is 17.1 Å². The van der Waals surface area contributed by atoms with Crippen LogP contribution < -0.4 is 10.9 Å². The zero-order valence-corrected chi connectivity index (χ0v) is 23.3. The van der Waals surface area contributed by atoms with Gasteiger partial charge in [0.15, 0.2) is 5.78 Å². The molecule has 38 heavy (non-hydrogen) atoms. The van der Waals surface area contributed by atoms with Crippen LogP contribution in [-0.2, 0) is 9.47 Å². The van der Waals surface area contributed by atoms with Gasteiger partial charge in [-0.2, -0.15) is 0 Å². The molecule has 8 nitrogen and oxygen atoms in total. The number of ether oxygens (including phenoxy) is 2. The third-order valence-corrected chi connectivity index (χ3v) is 6.74. The Morgan fingerprint density at radius 1 is 1.32 bits per heavy atom. The molecule has 1 aliphatic heterocycles. The van der Waals surface area contributed by atoms with Gasteiger partial charge in [-0.3, -0.25) is 10.1 Å². The number of alkyl carbamates (subject to hydrolysis) is 1. The Hall–Kier alpha value is -3.39. The first kappa shape index (κ1) is 30.8. The minimum atomic E-state index is -0.856. The zero-order chi connectivity index (χ0) is 28.3. The Morgan fingerprint density at radius 3 is 2.71 bits per heavy atom. The van der Waals surface area contributed by atoms with E-state index in [4.69, 9.17) is 9.15 Å². The van der Waals surface area contributed by atoms with E-state index in [1.807, 2.05) is 32.9 Å². The fourth-order valence-corrected chi connectivity index (χ4v) is 4.21. The number of rotatable bonds is 12. The van der Waals surface area contributed by atoms with Gasteiger partial charge >= 0.3 is 11.7 Å². The predicted octanol–water partition coefficient (Wildman–Crippen LogP) is 6.32. The highest BCUT2D eigenvalue weighted by Gasteiger charge is 2.35. The summed E-state index contributed by atoms with van der Waals surface area (Å²) in [6.07, 6.45) is 16.3. The van der Waals surface area contributed by atoms with Crippen LogP contribution in [0.25, 0.3) is 0 Å². The van der Waals surface area contributed by atoms with Crippen LogP contribution in [0.4, 0.5) is 4.79 Å². The number of methoxy groups -OCH3 is 1. The van der Waals surface area contributed by atoms with E-state index in [2.05, 4.69) is 29.1 Å². The summed E-state index contributed by atoms with van der Waals surface area (Å²) in [5.74, 6) is -1.45. The summed E-state index contributed by atoms with van der Waals surface area (Å²) in [6.45, 7) is 9.58. The number of aromatic hydroxyl groups is 1. The molecule has 1 fully saturated rings. The molecule has 0 bridgehead atoms. The van der Waals surface area contributed by atoms with E-state index in [1.165, 1.54) is 24.9 Å². The molecule has 208 valence electrons. The fourth-order valence-electron chi connectivity index (χ4n) is 4.21. The van der Waals surface area contributed by atoms with Gasteiger partial charge in [-0.1, -0.05) is 50.3 Å². The summed E-state index contributed by atoms with van der Waals surface area (Å²) in [7, 11) is 1.28. The van der Waals surface area contributed by atoms with Crippen LogP contribution >= 0.6 is 0 Å². The Labute approximate surface area is 225 Å². The van der Waals surface area contributed by atoms with Crippen molar-refractivity contribution in [3.05, 3.63) is 76.0 Å². The molecule has 1 aromatic heterocycles. The molecule has 2 rings (SSSR count). The topological polar surface area (TPSA) is 115 Å². The summed E-state index contributed by atoms with van der Waals surface area (Å²) in [5.41, 5.74) is -0.527. The van der Waals surface area contributed by atoms with E-state index in [9.17, 15) is 19.5 Å². The number of carbonyl (C=O) groups is 2. The van der Waals surface area contributed by atoms with Crippen molar-refractivity contribution in [3.8, 4) is 5.75 Å². The summed E-state index contributed by atoms with van der Waals surface area (Å²) in [4.78, 5) is 36.7. The molecule has 1 amide bonds. The van der Waals surface area contributed by atoms with Crippen molar-refractivity contribution in [1.29, 1.82) is 0 Å². The molecule has 0 aliphatic carbocycles. The molecule has 1 saturated heterocycles. The molecule has 0 saturated carbocycles. The number of carbonyl (C=O) groups excluding carboxylic acids is 2. The van der Waals surface area contributed by atoms with Crippen molar-refractivity contribution in [2.45, 2.75) is 84.3 Å². The molecule has 0 aromatic carbocycles. The lowest BCUT2D eigenvalue weighted by Crippen LogP contribution is -2.24. The maximum absolute atomic E-state index is 13.0. The van der Waals surface area contributed by atoms with Crippen molar-refractivity contribution in [2.75, 3.05) is 7.11 Å². The molecule has 8 heteroatoms. The van der Waals surface area contributed by atoms with E-state index in [-0.39, 0.29) is 29.1 Å². The van der Waals surface area contributed by atoms with E-state index < -0.39 is 29.0 Å². The van der Waals surface area contributed by atoms with Gasteiger partial charge in [0.05, 0.1) is 18.8 Å². The van der Waals surface area contributed by atoms with Crippen molar-refractivity contribution in [3.63, 3.8) is 0 Å². The standard InChI is InChI=1S/C30H41NO7/c1-7-8-9-12-20(2)24-15-17-30(5,38-24)16-14-22(4)27(33)26-23(32)19-25(37-28(26)34)21(3)13-10-11-18-31-29(35)36-6/h7-8,11-12,14,16,18-19,21-22,24,32H,9-10,13,15,17H2,1-6H3,(H,31,35)/b8-7+,16-14+,18-11+,20-12-/t21-,22+,24-,30+/m1/s1. The van der Waals surface area contributed by atoms with Crippen LogP contribution in [0.5, 0.6) is 5.75 Å². The maximum Gasteiger partial charge on any atom is 0.410 e. The Bertz CT molecular complexity index is 1140. The van der Waals surface area contributed by atoms with Crippen LogP contribution in [0.1, 0.15) is 88.8 Å². The van der Waals surface area contributed by atoms with E-state index in [0.29, 0.717) is 12.8 Å². The predicted molar refractivity (Wildman–Crippen MR) is 147 cm³/mol. The zero-order valence-electron chi connectivity index (χ0n) is 23.3. The summed E-state index contributed by atoms with van der Waals surface area (Å²) in [5, 5.41) is 13.0. The van der Waals surface area contributed by atoms with E-state index in [0.717, 1.165) is 19.3 Å². The average Bonchev–Trinajstić information content (AvgIpc) is 3.28. The van der Waals surface area contributed by atoms with Gasteiger partial charge in [0.25, 0.3) is 0 Å². The van der Waals surface area contributed by atoms with Gasteiger partial charge in [-0.25, -0.2) is 9.59 Å². The van der Waals surface area contributed by atoms with Crippen molar-refractivity contribution < 1.29 is 28.6 Å². The highest BCUT2D eigenvalue weighted by Crippen LogP contribution is 2.35. The SMILES string of the molecule is C/C=C/C/C=C(/C)[C@H]1CC[C@](C)(/C=C/[C@H](C)C(=O)c2c(O)cc([C@H](C)CC/C=C/NC(=O)OC)oc2=O)O1. The van der Waals surface area contributed by atoms with Crippen LogP contribution in [0.2, 0.25) is 0 Å². The Kier molecular flexibility index (Phi) is 11.8. The summed E-state index contributed by atoms with van der Waals surface area (Å²) in [6, 6.07) is 1.33. The second-order valence-corrected chi connectivity index (χ2v) is 9.94. The second-order valence-electron chi connectivity index (χ2n) is 9.94. The number of allylic oxidation sites excluding steroid dienone is 5. The highest BCUT2D eigenvalue weighted by atomic mass is 16.5. The molecular weight excluding hydrogens is 486 g/mol. The number of hydrogen-bond acceptors (Lipinski definition) is 7. The first-order chi connectivity index (χ1) is 18.0. The van der Waals surface area contributed by atoms with E-state index >= 15 is 0 Å². The van der Waals surface area contributed by atoms with Crippen molar-refractivity contribution in [2.24, 2.45) is 5.92 Å². The molecular formula is C30H41NO7. The number of hydrogen-bond donors (Lipinski definition) is 2. The Balaban J connectivity index is 2.02. The van der Waals surface area contributed by atoms with Gasteiger partial charge in [0.2, 0.25) is 0 Å². The van der Waals surface area contributed by atoms with Gasteiger partial charge in [0, 0.05) is 24.1 Å². The quantitative estimate of drug-likeness (QED) is 0.241.